The molecule has 3 fully saturated rings. The number of benzene rings is 1. The van der Waals surface area contributed by atoms with E-state index in [2.05, 4.69) is 47.6 Å². The quantitative estimate of drug-likeness (QED) is 0.352. The Morgan fingerprint density at radius 2 is 1.89 bits per heavy atom. The lowest BCUT2D eigenvalue weighted by Crippen LogP contribution is -2.31. The predicted molar refractivity (Wildman–Crippen MR) is 150 cm³/mol. The lowest BCUT2D eigenvalue weighted by Gasteiger charge is -2.26. The molecule has 2 aromatic rings. The van der Waals surface area contributed by atoms with Crippen molar-refractivity contribution in [2.75, 3.05) is 11.9 Å². The molecule has 5 rings (SSSR count). The number of carbonyl (C=O) groups excluding carboxylic acids is 1. The highest BCUT2D eigenvalue weighted by Crippen LogP contribution is 2.42. The summed E-state index contributed by atoms with van der Waals surface area (Å²) < 4.78 is 11.6. The Morgan fingerprint density at radius 3 is 2.47 bits per heavy atom. The van der Waals surface area contributed by atoms with E-state index in [4.69, 9.17) is 9.47 Å². The molecule has 1 aliphatic heterocycles. The molecule has 36 heavy (non-hydrogen) atoms. The first-order chi connectivity index (χ1) is 17.3. The fourth-order valence-corrected chi connectivity index (χ4v) is 6.63. The van der Waals surface area contributed by atoms with Crippen LogP contribution in [-0.2, 0) is 19.9 Å². The number of aromatic nitrogens is 1. The number of nitrogens with zero attached hydrogens (tertiary/aromatic N) is 1. The third kappa shape index (κ3) is 7.44. The van der Waals surface area contributed by atoms with Gasteiger partial charge in [0, 0.05) is 15.5 Å². The fraction of sp³-hybridized carbons (Fsp3) is 0.586. The van der Waals surface area contributed by atoms with E-state index in [1.165, 1.54) is 72.3 Å². The van der Waals surface area contributed by atoms with Gasteiger partial charge in [-0.25, -0.2) is 4.98 Å². The van der Waals surface area contributed by atoms with Crippen LogP contribution in [0.1, 0.15) is 90.3 Å². The molecule has 2 saturated carbocycles. The van der Waals surface area contributed by atoms with E-state index >= 15 is 0 Å². The summed E-state index contributed by atoms with van der Waals surface area (Å²) in [5, 5.41) is 5.93. The van der Waals surface area contributed by atoms with E-state index in [1.54, 1.807) is 0 Å². The van der Waals surface area contributed by atoms with Crippen LogP contribution in [0, 0.1) is 5.92 Å². The second kappa shape index (κ2) is 12.2. The van der Waals surface area contributed by atoms with Gasteiger partial charge in [-0.15, -0.1) is 23.1 Å². The molecule has 1 aromatic carbocycles. The summed E-state index contributed by atoms with van der Waals surface area (Å²) >= 11 is 3.43. The van der Waals surface area contributed by atoms with Gasteiger partial charge in [-0.3, -0.25) is 4.79 Å². The second-order valence-electron chi connectivity index (χ2n) is 10.5. The van der Waals surface area contributed by atoms with Gasteiger partial charge in [0.1, 0.15) is 5.60 Å². The monoisotopic (exact) mass is 528 g/mol. The first-order valence-electron chi connectivity index (χ1n) is 13.3. The zero-order valence-electron chi connectivity index (χ0n) is 22.0. The van der Waals surface area contributed by atoms with Crippen molar-refractivity contribution in [2.24, 2.45) is 5.92 Å². The summed E-state index contributed by atoms with van der Waals surface area (Å²) in [7, 11) is 0. The number of anilines is 1. The molecule has 1 aromatic heterocycles. The molecule has 5 nitrogen and oxygen atoms in total. The van der Waals surface area contributed by atoms with Gasteiger partial charge in [0.25, 0.3) is 0 Å². The largest absolute Gasteiger partial charge is 0.347 e. The molecular formula is C29H40N2O3S2. The molecule has 3 aliphatic rings. The van der Waals surface area contributed by atoms with Gasteiger partial charge in [-0.1, -0.05) is 44.4 Å². The molecule has 0 bridgehead atoms. The molecule has 7 heteroatoms. The molecule has 1 saturated heterocycles. The van der Waals surface area contributed by atoms with Gasteiger partial charge in [0.2, 0.25) is 6.41 Å². The number of amides is 1. The second-order valence-corrected chi connectivity index (χ2v) is 12.8. The van der Waals surface area contributed by atoms with E-state index in [-0.39, 0.29) is 0 Å². The van der Waals surface area contributed by atoms with Gasteiger partial charge >= 0.3 is 0 Å². The number of ether oxygens (including phenoxy) is 2. The third-order valence-electron chi connectivity index (χ3n) is 7.09. The van der Waals surface area contributed by atoms with E-state index in [0.717, 1.165) is 23.3 Å². The fourth-order valence-electron chi connectivity index (χ4n) is 4.83. The van der Waals surface area contributed by atoms with Crippen LogP contribution in [0.2, 0.25) is 0 Å². The van der Waals surface area contributed by atoms with Crippen LogP contribution in [0.15, 0.2) is 40.6 Å². The molecule has 1 amide bonds. The first kappa shape index (κ1) is 27.4. The summed E-state index contributed by atoms with van der Waals surface area (Å²) in [5.41, 5.74) is 3.20. The number of thiazole rings is 1. The number of nitrogens with one attached hydrogen (secondary N) is 1. The Labute approximate surface area is 224 Å². The number of carbonyl (C=O) groups is 1. The van der Waals surface area contributed by atoms with Crippen molar-refractivity contribution < 1.29 is 14.3 Å². The van der Waals surface area contributed by atoms with Gasteiger partial charge in [-0.05, 0) is 82.1 Å². The summed E-state index contributed by atoms with van der Waals surface area (Å²) in [6, 6.07) is 9.21. The summed E-state index contributed by atoms with van der Waals surface area (Å²) in [6.07, 6.45) is 13.8. The zero-order valence-corrected chi connectivity index (χ0v) is 23.7. The molecule has 1 atom stereocenters. The molecule has 196 valence electrons. The Balaban J connectivity index is 0.000000170. The maximum Gasteiger partial charge on any atom is 0.213 e. The topological polar surface area (TPSA) is 60.5 Å². The average molecular weight is 529 g/mol. The van der Waals surface area contributed by atoms with Crippen LogP contribution in [0.3, 0.4) is 0 Å². The first-order valence-corrected chi connectivity index (χ1v) is 15.0. The zero-order chi connectivity index (χ0) is 25.6. The number of hydrogen-bond donors (Lipinski definition) is 1. The summed E-state index contributed by atoms with van der Waals surface area (Å²) in [4.78, 5) is 16.2. The smallest absolute Gasteiger partial charge is 0.213 e. The Morgan fingerprint density at radius 1 is 1.17 bits per heavy atom. The van der Waals surface area contributed by atoms with Gasteiger partial charge in [0.15, 0.2) is 10.9 Å². The summed E-state index contributed by atoms with van der Waals surface area (Å²) in [5.74, 6) is 0.243. The Hall–Kier alpha value is -1.67. The Bertz CT molecular complexity index is 1020. The molecule has 0 radical (unpaired) electrons. The minimum atomic E-state index is -0.585. The van der Waals surface area contributed by atoms with Crippen molar-refractivity contribution >= 4 is 40.2 Å². The number of thioether (sulfide) groups is 1. The normalized spacial score (nSPS) is 24.2. The lowest BCUT2D eigenvalue weighted by atomic mass is 9.87. The molecule has 2 aliphatic carbocycles. The number of allylic oxidation sites excluding steroid dienone is 2. The third-order valence-corrected chi connectivity index (χ3v) is 9.21. The van der Waals surface area contributed by atoms with Crippen molar-refractivity contribution in [3.63, 3.8) is 0 Å². The van der Waals surface area contributed by atoms with Crippen LogP contribution in [-0.4, -0.2) is 29.0 Å². The van der Waals surface area contributed by atoms with Gasteiger partial charge < -0.3 is 14.8 Å². The molecule has 0 spiro atoms. The van der Waals surface area contributed by atoms with Crippen LogP contribution in [0.25, 0.3) is 5.57 Å². The minimum absolute atomic E-state index is 0.487. The van der Waals surface area contributed by atoms with Gasteiger partial charge in [-0.2, -0.15) is 0 Å². The maximum absolute atomic E-state index is 10.4. The minimum Gasteiger partial charge on any atom is -0.347 e. The van der Waals surface area contributed by atoms with Crippen LogP contribution in [0.5, 0.6) is 0 Å². The Kier molecular flexibility index (Phi) is 9.31. The van der Waals surface area contributed by atoms with Crippen molar-refractivity contribution in [2.45, 2.75) is 101 Å². The maximum atomic E-state index is 10.4. The highest BCUT2D eigenvalue weighted by atomic mass is 32.2. The van der Waals surface area contributed by atoms with Crippen molar-refractivity contribution in [3.05, 3.63) is 47.0 Å². The van der Waals surface area contributed by atoms with E-state index < -0.39 is 11.4 Å². The SMILES string of the molecule is C/C(=C/C1CCCCC1)c1ccc(SC2CC2)cc1.CCC1(c2csc(NC=O)n2)COC(C)(C)O1. The lowest BCUT2D eigenvalue weighted by molar-refractivity contribution is -0.165. The molecule has 2 heterocycles. The van der Waals surface area contributed by atoms with Crippen LogP contribution >= 0.6 is 23.1 Å². The highest BCUT2D eigenvalue weighted by molar-refractivity contribution is 8.00. The van der Waals surface area contributed by atoms with E-state index in [9.17, 15) is 4.79 Å². The predicted octanol–water partition coefficient (Wildman–Crippen LogP) is 8.02. The number of rotatable bonds is 8. The van der Waals surface area contributed by atoms with Crippen molar-refractivity contribution in [1.29, 1.82) is 0 Å². The van der Waals surface area contributed by atoms with Crippen molar-refractivity contribution in [3.8, 4) is 0 Å². The van der Waals surface area contributed by atoms with E-state index in [1.807, 2.05) is 37.9 Å². The molecule has 1 N–H and O–H groups in total. The van der Waals surface area contributed by atoms with Crippen LogP contribution < -0.4 is 5.32 Å². The standard InChI is InChI=1S/C18H24S.C11H16N2O3S/c1-14(13-15-5-3-2-4-6-15)16-7-9-17(10-8-16)19-18-11-12-18;1-4-11(6-15-10(2,3)16-11)8-5-17-9(13-8)12-7-14/h7-10,13,15,18H,2-6,11-12H2,1H3;5,7H,4,6H2,1-3H3,(H,12,13,14)/b14-13-;. The van der Waals surface area contributed by atoms with Crippen molar-refractivity contribution in [1.82, 2.24) is 4.98 Å². The molecule has 1 unspecified atom stereocenters. The van der Waals surface area contributed by atoms with Gasteiger partial charge in [0.05, 0.1) is 12.3 Å². The highest BCUT2D eigenvalue weighted by Gasteiger charge is 2.47. The summed E-state index contributed by atoms with van der Waals surface area (Å²) in [6.45, 7) is 8.58. The number of hydrogen-bond acceptors (Lipinski definition) is 6. The molecular weight excluding hydrogens is 488 g/mol. The van der Waals surface area contributed by atoms with E-state index in [0.29, 0.717) is 18.1 Å². The average Bonchev–Trinajstić information content (AvgIpc) is 3.45. The van der Waals surface area contributed by atoms with Crippen LogP contribution in [0.4, 0.5) is 5.13 Å².